The molecule has 2 nitrogen and oxygen atoms in total. The molecule has 0 unspecified atom stereocenters. The SMILES string of the molecule is Nc1c(F)cc(F)cc1NCCCC(F)(F)F. The van der Waals surface area contributed by atoms with E-state index in [9.17, 15) is 22.0 Å². The number of halogens is 5. The summed E-state index contributed by atoms with van der Waals surface area (Å²) in [5, 5.41) is 2.46. The summed E-state index contributed by atoms with van der Waals surface area (Å²) in [4.78, 5) is 0. The summed E-state index contributed by atoms with van der Waals surface area (Å²) in [5.74, 6) is -1.78. The fourth-order valence-corrected chi connectivity index (χ4v) is 1.24. The van der Waals surface area contributed by atoms with Crippen molar-refractivity contribution >= 4 is 11.4 Å². The van der Waals surface area contributed by atoms with E-state index in [0.29, 0.717) is 6.07 Å². The van der Waals surface area contributed by atoms with E-state index in [2.05, 4.69) is 5.32 Å². The molecule has 0 aromatic heterocycles. The molecule has 1 aromatic carbocycles. The van der Waals surface area contributed by atoms with Crippen molar-refractivity contribution in [1.29, 1.82) is 0 Å². The van der Waals surface area contributed by atoms with Crippen molar-refractivity contribution in [2.45, 2.75) is 19.0 Å². The van der Waals surface area contributed by atoms with Crippen molar-refractivity contribution in [2.75, 3.05) is 17.6 Å². The van der Waals surface area contributed by atoms with E-state index in [1.54, 1.807) is 0 Å². The van der Waals surface area contributed by atoms with Crippen LogP contribution in [0.3, 0.4) is 0 Å². The van der Waals surface area contributed by atoms with Crippen LogP contribution < -0.4 is 11.1 Å². The molecule has 0 bridgehead atoms. The van der Waals surface area contributed by atoms with Crippen LogP contribution in [0.15, 0.2) is 12.1 Å². The quantitative estimate of drug-likeness (QED) is 0.491. The number of anilines is 2. The van der Waals surface area contributed by atoms with Gasteiger partial charge in [0.05, 0.1) is 11.4 Å². The molecule has 96 valence electrons. The van der Waals surface area contributed by atoms with Gasteiger partial charge in [-0.05, 0) is 12.5 Å². The summed E-state index contributed by atoms with van der Waals surface area (Å²) in [5.41, 5.74) is 4.95. The minimum atomic E-state index is -4.24. The lowest BCUT2D eigenvalue weighted by Gasteiger charge is -2.11. The molecule has 3 N–H and O–H groups in total. The number of hydrogen-bond acceptors (Lipinski definition) is 2. The molecular weight excluding hydrogens is 243 g/mol. The van der Waals surface area contributed by atoms with Gasteiger partial charge in [0.25, 0.3) is 0 Å². The molecule has 0 heterocycles. The zero-order valence-corrected chi connectivity index (χ0v) is 8.74. The monoisotopic (exact) mass is 254 g/mol. The maximum absolute atomic E-state index is 13.0. The van der Waals surface area contributed by atoms with Crippen LogP contribution in [0.1, 0.15) is 12.8 Å². The average molecular weight is 254 g/mol. The number of benzene rings is 1. The van der Waals surface area contributed by atoms with Gasteiger partial charge in [0.1, 0.15) is 5.82 Å². The summed E-state index contributed by atoms with van der Waals surface area (Å²) < 4.78 is 61.2. The first-order chi connectivity index (χ1) is 7.79. The smallest absolute Gasteiger partial charge is 0.389 e. The lowest BCUT2D eigenvalue weighted by atomic mass is 10.2. The molecule has 0 aliphatic rings. The second-order valence-electron chi connectivity index (χ2n) is 3.49. The Bertz CT molecular complexity index is 389. The zero-order valence-electron chi connectivity index (χ0n) is 8.74. The summed E-state index contributed by atoms with van der Waals surface area (Å²) in [6, 6.07) is 1.54. The van der Waals surface area contributed by atoms with Crippen LogP contribution >= 0.6 is 0 Å². The number of nitrogen functional groups attached to an aromatic ring is 1. The molecule has 0 aliphatic carbocycles. The van der Waals surface area contributed by atoms with Gasteiger partial charge in [0.2, 0.25) is 0 Å². The molecule has 7 heteroatoms. The van der Waals surface area contributed by atoms with Crippen LogP contribution in [0, 0.1) is 11.6 Å². The highest BCUT2D eigenvalue weighted by Gasteiger charge is 2.25. The Hall–Kier alpha value is -1.53. The van der Waals surface area contributed by atoms with Gasteiger partial charge in [-0.2, -0.15) is 13.2 Å². The lowest BCUT2D eigenvalue weighted by Crippen LogP contribution is -2.12. The molecule has 1 rings (SSSR count). The summed E-state index contributed by atoms with van der Waals surface area (Å²) in [6.07, 6.45) is -5.39. The number of nitrogens with one attached hydrogen (secondary N) is 1. The number of hydrogen-bond donors (Lipinski definition) is 2. The van der Waals surface area contributed by atoms with E-state index in [4.69, 9.17) is 5.73 Å². The summed E-state index contributed by atoms with van der Waals surface area (Å²) >= 11 is 0. The van der Waals surface area contributed by atoms with Crippen LogP contribution in [0.2, 0.25) is 0 Å². The predicted octanol–water partition coefficient (Wildman–Crippen LogP) is 3.30. The van der Waals surface area contributed by atoms with Crippen LogP contribution in [0.4, 0.5) is 33.3 Å². The first kappa shape index (κ1) is 13.5. The predicted molar refractivity (Wildman–Crippen MR) is 54.5 cm³/mol. The van der Waals surface area contributed by atoms with Gasteiger partial charge >= 0.3 is 6.18 Å². The van der Waals surface area contributed by atoms with Crippen molar-refractivity contribution in [3.8, 4) is 0 Å². The normalized spacial score (nSPS) is 11.6. The minimum absolute atomic E-state index is 0.0373. The molecular formula is C10H11F5N2. The van der Waals surface area contributed by atoms with Crippen LogP contribution in [0.5, 0.6) is 0 Å². The molecule has 0 saturated heterocycles. The fraction of sp³-hybridized carbons (Fsp3) is 0.400. The van der Waals surface area contributed by atoms with Gasteiger partial charge in [-0.25, -0.2) is 8.78 Å². The first-order valence-electron chi connectivity index (χ1n) is 4.85. The minimum Gasteiger partial charge on any atom is -0.395 e. The Morgan fingerprint density at radius 3 is 2.41 bits per heavy atom. The molecule has 0 radical (unpaired) electrons. The Morgan fingerprint density at radius 2 is 1.82 bits per heavy atom. The van der Waals surface area contributed by atoms with Crippen molar-refractivity contribution in [2.24, 2.45) is 0 Å². The summed E-state index contributed by atoms with van der Waals surface area (Å²) in [7, 11) is 0. The van der Waals surface area contributed by atoms with E-state index in [1.165, 1.54) is 0 Å². The van der Waals surface area contributed by atoms with E-state index < -0.39 is 24.2 Å². The van der Waals surface area contributed by atoms with E-state index in [0.717, 1.165) is 6.07 Å². The second kappa shape index (κ2) is 5.20. The number of alkyl halides is 3. The first-order valence-corrected chi connectivity index (χ1v) is 4.85. The highest BCUT2D eigenvalue weighted by Crippen LogP contribution is 2.24. The van der Waals surface area contributed by atoms with Crippen LogP contribution in [-0.4, -0.2) is 12.7 Å². The maximum Gasteiger partial charge on any atom is 0.389 e. The molecule has 0 spiro atoms. The summed E-state index contributed by atoms with van der Waals surface area (Å²) in [6.45, 7) is -0.0629. The van der Waals surface area contributed by atoms with Crippen molar-refractivity contribution in [3.05, 3.63) is 23.8 Å². The molecule has 0 aliphatic heterocycles. The Morgan fingerprint density at radius 1 is 1.18 bits per heavy atom. The maximum atomic E-state index is 13.0. The topological polar surface area (TPSA) is 38.0 Å². The Balaban J connectivity index is 2.52. The van der Waals surface area contributed by atoms with Crippen LogP contribution in [0.25, 0.3) is 0 Å². The molecule has 0 amide bonds. The molecule has 0 atom stereocenters. The molecule has 0 saturated carbocycles. The standard InChI is InChI=1S/C10H11F5N2/c11-6-4-7(12)9(16)8(5-6)17-3-1-2-10(13,14)15/h4-5,17H,1-3,16H2. The third kappa shape index (κ3) is 4.46. The average Bonchev–Trinajstić information content (AvgIpc) is 2.18. The van der Waals surface area contributed by atoms with Crippen molar-refractivity contribution in [1.82, 2.24) is 0 Å². The third-order valence-electron chi connectivity index (χ3n) is 2.05. The largest absolute Gasteiger partial charge is 0.395 e. The van der Waals surface area contributed by atoms with Gasteiger partial charge in [-0.15, -0.1) is 0 Å². The van der Waals surface area contributed by atoms with E-state index in [1.807, 2.05) is 0 Å². The van der Waals surface area contributed by atoms with Gasteiger partial charge in [0, 0.05) is 19.0 Å². The van der Waals surface area contributed by atoms with Crippen molar-refractivity contribution < 1.29 is 22.0 Å². The third-order valence-corrected chi connectivity index (χ3v) is 2.05. The molecule has 17 heavy (non-hydrogen) atoms. The Kier molecular flexibility index (Phi) is 4.14. The van der Waals surface area contributed by atoms with Gasteiger partial charge in [-0.3, -0.25) is 0 Å². The van der Waals surface area contributed by atoms with Gasteiger partial charge in [0.15, 0.2) is 5.82 Å². The number of nitrogens with two attached hydrogens (primary N) is 1. The van der Waals surface area contributed by atoms with Gasteiger partial charge < -0.3 is 11.1 Å². The molecule has 0 fully saturated rings. The zero-order chi connectivity index (χ0) is 13.1. The number of rotatable bonds is 4. The van der Waals surface area contributed by atoms with E-state index in [-0.39, 0.29) is 24.3 Å². The Labute approximate surface area is 94.6 Å². The second-order valence-corrected chi connectivity index (χ2v) is 3.49. The fourth-order valence-electron chi connectivity index (χ4n) is 1.24. The van der Waals surface area contributed by atoms with Gasteiger partial charge in [-0.1, -0.05) is 0 Å². The lowest BCUT2D eigenvalue weighted by molar-refractivity contribution is -0.134. The van der Waals surface area contributed by atoms with Crippen molar-refractivity contribution in [3.63, 3.8) is 0 Å². The molecule has 1 aromatic rings. The van der Waals surface area contributed by atoms with Crippen LogP contribution in [-0.2, 0) is 0 Å². The highest BCUT2D eigenvalue weighted by molar-refractivity contribution is 5.66. The van der Waals surface area contributed by atoms with E-state index >= 15 is 0 Å². The highest BCUT2D eigenvalue weighted by atomic mass is 19.4.